The van der Waals surface area contributed by atoms with E-state index in [1.807, 2.05) is 24.3 Å². The van der Waals surface area contributed by atoms with Crippen LogP contribution in [0.1, 0.15) is 10.6 Å². The van der Waals surface area contributed by atoms with E-state index in [0.717, 1.165) is 44.8 Å². The Hall–Kier alpha value is -3.48. The van der Waals surface area contributed by atoms with Crippen molar-refractivity contribution in [2.45, 2.75) is 6.54 Å². The van der Waals surface area contributed by atoms with Crippen LogP contribution in [0.25, 0.3) is 27.4 Å². The van der Waals surface area contributed by atoms with Crippen molar-refractivity contribution in [1.29, 1.82) is 0 Å². The molecule has 35 heavy (non-hydrogen) atoms. The molecule has 176 valence electrons. The molecule has 0 N–H and O–H groups in total. The SMILES string of the molecule is COc1cccc(OC)c1-c1ccc2c(c1)sc(C=C1C=CN(Cc3ccccc3)C(S)=C1)[n+]2C. The molecular formula is C29H27N2O2S2+. The van der Waals surface area contributed by atoms with Crippen LogP contribution in [0.4, 0.5) is 0 Å². The maximum atomic E-state index is 5.62. The standard InChI is InChI=1S/C29H26N2O2S2/c1-30-23-13-12-22(29-24(32-2)10-7-11-25(29)33-3)18-26(23)35-28(30)17-21-14-15-31(27(34)16-21)19-20-8-5-4-6-9-20/h4-18H,19H2,1-3H3/p+1. The fourth-order valence-electron chi connectivity index (χ4n) is 4.27. The van der Waals surface area contributed by atoms with Crippen LogP contribution < -0.4 is 14.0 Å². The van der Waals surface area contributed by atoms with Gasteiger partial charge in [0.05, 0.1) is 24.8 Å². The number of ether oxygens (including phenoxy) is 2. The molecule has 2 heterocycles. The molecule has 4 nitrogen and oxygen atoms in total. The Labute approximate surface area is 215 Å². The summed E-state index contributed by atoms with van der Waals surface area (Å²) in [6.45, 7) is 0.797. The zero-order chi connectivity index (χ0) is 24.4. The van der Waals surface area contributed by atoms with Gasteiger partial charge in [0.2, 0.25) is 5.52 Å². The molecule has 1 aliphatic rings. The lowest BCUT2D eigenvalue weighted by Gasteiger charge is -2.23. The van der Waals surface area contributed by atoms with Crippen LogP contribution >= 0.6 is 24.0 Å². The quantitative estimate of drug-likeness (QED) is 0.239. The number of thiazole rings is 1. The average Bonchev–Trinajstić information content (AvgIpc) is 3.19. The van der Waals surface area contributed by atoms with Gasteiger partial charge in [0.15, 0.2) is 0 Å². The van der Waals surface area contributed by atoms with Crippen molar-refractivity contribution in [3.63, 3.8) is 0 Å². The Bertz CT molecular complexity index is 1450. The lowest BCUT2D eigenvalue weighted by Crippen LogP contribution is -2.29. The Kier molecular flexibility index (Phi) is 6.66. The first-order valence-corrected chi connectivity index (χ1v) is 12.6. The summed E-state index contributed by atoms with van der Waals surface area (Å²) >= 11 is 6.51. The van der Waals surface area contributed by atoms with Crippen molar-refractivity contribution in [3.8, 4) is 22.6 Å². The van der Waals surface area contributed by atoms with Gasteiger partial charge >= 0.3 is 0 Å². The smallest absolute Gasteiger partial charge is 0.263 e. The highest BCUT2D eigenvalue weighted by Crippen LogP contribution is 2.40. The number of nitrogens with zero attached hydrogens (tertiary/aromatic N) is 2. The number of rotatable bonds is 6. The number of thiol groups is 1. The summed E-state index contributed by atoms with van der Waals surface area (Å²) in [6, 6.07) is 22.8. The van der Waals surface area contributed by atoms with Gasteiger partial charge in [-0.25, -0.2) is 0 Å². The molecule has 0 fully saturated rings. The summed E-state index contributed by atoms with van der Waals surface area (Å²) in [5.74, 6) is 1.59. The first kappa shape index (κ1) is 23.3. The van der Waals surface area contributed by atoms with E-state index in [1.54, 1.807) is 25.6 Å². The van der Waals surface area contributed by atoms with Crippen LogP contribution in [-0.4, -0.2) is 19.1 Å². The molecule has 3 aromatic carbocycles. The zero-order valence-electron chi connectivity index (χ0n) is 19.9. The predicted octanol–water partition coefficient (Wildman–Crippen LogP) is 6.59. The van der Waals surface area contributed by atoms with Gasteiger partial charge in [-0.3, -0.25) is 0 Å². The molecule has 0 spiro atoms. The number of aromatic nitrogens is 1. The molecule has 0 unspecified atom stereocenters. The van der Waals surface area contributed by atoms with Crippen molar-refractivity contribution in [2.24, 2.45) is 7.05 Å². The summed E-state index contributed by atoms with van der Waals surface area (Å²) in [5.41, 5.74) is 5.59. The summed E-state index contributed by atoms with van der Waals surface area (Å²) in [7, 11) is 5.48. The fraction of sp³-hybridized carbons (Fsp3) is 0.138. The van der Waals surface area contributed by atoms with Crippen molar-refractivity contribution < 1.29 is 14.0 Å². The van der Waals surface area contributed by atoms with Gasteiger partial charge in [0, 0.05) is 24.9 Å². The molecule has 0 aliphatic carbocycles. The lowest BCUT2D eigenvalue weighted by atomic mass is 10.0. The van der Waals surface area contributed by atoms with E-state index in [4.69, 9.17) is 22.1 Å². The van der Waals surface area contributed by atoms with Crippen LogP contribution in [0.3, 0.4) is 0 Å². The molecule has 0 bridgehead atoms. The minimum absolute atomic E-state index is 0.797. The van der Waals surface area contributed by atoms with E-state index in [0.29, 0.717) is 0 Å². The first-order chi connectivity index (χ1) is 17.1. The van der Waals surface area contributed by atoms with Gasteiger partial charge in [-0.1, -0.05) is 47.7 Å². The van der Waals surface area contributed by atoms with Gasteiger partial charge in [-0.2, -0.15) is 4.57 Å². The fourth-order valence-corrected chi connectivity index (χ4v) is 5.71. The summed E-state index contributed by atoms with van der Waals surface area (Å²) in [5, 5.41) is 2.09. The molecule has 0 atom stereocenters. The van der Waals surface area contributed by atoms with Crippen molar-refractivity contribution >= 4 is 40.3 Å². The third kappa shape index (κ3) is 4.72. The van der Waals surface area contributed by atoms with E-state index in [-0.39, 0.29) is 0 Å². The second-order valence-corrected chi connectivity index (χ2v) is 9.82. The van der Waals surface area contributed by atoms with Gasteiger partial charge < -0.3 is 14.4 Å². The van der Waals surface area contributed by atoms with E-state index in [1.165, 1.54) is 15.8 Å². The maximum absolute atomic E-state index is 5.62. The van der Waals surface area contributed by atoms with Crippen molar-refractivity contribution in [2.75, 3.05) is 14.2 Å². The molecule has 6 heteroatoms. The Morgan fingerprint density at radius 1 is 0.971 bits per heavy atom. The van der Waals surface area contributed by atoms with Crippen LogP contribution in [0, 0.1) is 0 Å². The number of fused-ring (bicyclic) bond motifs is 1. The monoisotopic (exact) mass is 499 g/mol. The van der Waals surface area contributed by atoms with Crippen LogP contribution in [0.5, 0.6) is 11.5 Å². The number of hydrogen-bond donors (Lipinski definition) is 1. The number of benzene rings is 3. The first-order valence-electron chi connectivity index (χ1n) is 11.3. The molecule has 0 saturated heterocycles. The normalized spacial score (nSPS) is 14.5. The number of aryl methyl sites for hydroxylation is 1. The van der Waals surface area contributed by atoms with Crippen LogP contribution in [0.2, 0.25) is 0 Å². The van der Waals surface area contributed by atoms with Crippen molar-refractivity contribution in [3.05, 3.63) is 106 Å². The summed E-state index contributed by atoms with van der Waals surface area (Å²) in [6.07, 6.45) is 8.56. The average molecular weight is 500 g/mol. The van der Waals surface area contributed by atoms with E-state index in [2.05, 4.69) is 83.4 Å². The molecule has 1 aliphatic heterocycles. The third-order valence-electron chi connectivity index (χ3n) is 6.11. The molecule has 0 saturated carbocycles. The van der Waals surface area contributed by atoms with Gasteiger partial charge in [-0.15, -0.1) is 12.6 Å². The highest BCUT2D eigenvalue weighted by atomic mass is 32.1. The van der Waals surface area contributed by atoms with E-state index >= 15 is 0 Å². The second-order valence-electron chi connectivity index (χ2n) is 8.30. The lowest BCUT2D eigenvalue weighted by molar-refractivity contribution is -0.642. The molecule has 5 rings (SSSR count). The predicted molar refractivity (Wildman–Crippen MR) is 148 cm³/mol. The van der Waals surface area contributed by atoms with Crippen molar-refractivity contribution in [1.82, 2.24) is 4.90 Å². The number of methoxy groups -OCH3 is 2. The second kappa shape index (κ2) is 10.0. The van der Waals surface area contributed by atoms with E-state index < -0.39 is 0 Å². The maximum Gasteiger partial charge on any atom is 0.263 e. The Morgan fingerprint density at radius 2 is 1.71 bits per heavy atom. The highest BCUT2D eigenvalue weighted by Gasteiger charge is 2.19. The number of hydrogen-bond acceptors (Lipinski definition) is 5. The van der Waals surface area contributed by atoms with Gasteiger partial charge in [0.1, 0.15) is 23.2 Å². The molecular weight excluding hydrogens is 472 g/mol. The zero-order valence-corrected chi connectivity index (χ0v) is 21.6. The topological polar surface area (TPSA) is 25.6 Å². The van der Waals surface area contributed by atoms with Crippen LogP contribution in [0.15, 0.2) is 95.7 Å². The van der Waals surface area contributed by atoms with Gasteiger partial charge in [0.25, 0.3) is 5.01 Å². The van der Waals surface area contributed by atoms with Gasteiger partial charge in [-0.05, 0) is 53.1 Å². The Morgan fingerprint density at radius 3 is 2.40 bits per heavy atom. The molecule has 1 aromatic heterocycles. The minimum atomic E-state index is 0.797. The molecule has 0 radical (unpaired) electrons. The highest BCUT2D eigenvalue weighted by molar-refractivity contribution is 7.84. The molecule has 0 amide bonds. The third-order valence-corrected chi connectivity index (χ3v) is 7.64. The minimum Gasteiger partial charge on any atom is -0.496 e. The number of allylic oxidation sites excluding steroid dienone is 3. The largest absolute Gasteiger partial charge is 0.496 e. The summed E-state index contributed by atoms with van der Waals surface area (Å²) in [4.78, 5) is 2.15. The van der Waals surface area contributed by atoms with Crippen LogP contribution in [-0.2, 0) is 13.6 Å². The van der Waals surface area contributed by atoms with E-state index in [9.17, 15) is 0 Å². The Balaban J connectivity index is 1.46. The summed E-state index contributed by atoms with van der Waals surface area (Å²) < 4.78 is 14.7. The molecule has 4 aromatic rings.